The Bertz CT molecular complexity index is 754. The van der Waals surface area contributed by atoms with Crippen LogP contribution in [0, 0.1) is 0 Å². The van der Waals surface area contributed by atoms with E-state index < -0.39 is 28.4 Å². The van der Waals surface area contributed by atoms with Crippen molar-refractivity contribution < 1.29 is 23.1 Å². The van der Waals surface area contributed by atoms with Crippen molar-refractivity contribution >= 4 is 32.5 Å². The number of sulfone groups is 1. The summed E-state index contributed by atoms with van der Waals surface area (Å²) >= 11 is 0. The molecule has 106 valence electrons. The zero-order chi connectivity index (χ0) is 14.8. The van der Waals surface area contributed by atoms with E-state index in [0.717, 1.165) is 0 Å². The van der Waals surface area contributed by atoms with Crippen molar-refractivity contribution in [3.8, 4) is 0 Å². The van der Waals surface area contributed by atoms with Gasteiger partial charge in [0.05, 0.1) is 10.6 Å². The molecule has 7 heteroatoms. The van der Waals surface area contributed by atoms with Crippen molar-refractivity contribution in [2.45, 2.75) is 4.90 Å². The van der Waals surface area contributed by atoms with E-state index in [1.165, 1.54) is 12.1 Å². The highest BCUT2D eigenvalue weighted by Crippen LogP contribution is 2.28. The first-order chi connectivity index (χ1) is 9.42. The molecule has 0 aliphatic rings. The van der Waals surface area contributed by atoms with E-state index in [1.807, 2.05) is 0 Å². The van der Waals surface area contributed by atoms with E-state index in [9.17, 15) is 13.2 Å². The molecule has 0 fully saturated rings. The lowest BCUT2D eigenvalue weighted by atomic mass is 10.1. The molecule has 0 saturated heterocycles. The number of rotatable bonds is 4. The summed E-state index contributed by atoms with van der Waals surface area (Å²) in [4.78, 5) is 10.4. The third-order valence-electron chi connectivity index (χ3n) is 2.83. The number of carboxylic acid groups (broad SMARTS) is 1. The highest BCUT2D eigenvalue weighted by Gasteiger charge is 2.19. The highest BCUT2D eigenvalue weighted by atomic mass is 32.2. The molecule has 0 atom stereocenters. The van der Waals surface area contributed by atoms with Crippen LogP contribution in [0.1, 0.15) is 0 Å². The van der Waals surface area contributed by atoms with Gasteiger partial charge in [-0.25, -0.2) is 13.2 Å². The number of hydrogen-bond acceptors (Lipinski definition) is 5. The van der Waals surface area contributed by atoms with Gasteiger partial charge in [0, 0.05) is 16.5 Å². The molecule has 0 aliphatic heterocycles. The fourth-order valence-electron chi connectivity index (χ4n) is 1.91. The topological polar surface area (TPSA) is 107 Å². The lowest BCUT2D eigenvalue weighted by molar-refractivity contribution is 0.0972. The molecule has 0 spiro atoms. The molecule has 3 N–H and O–H groups in total. The Morgan fingerprint density at radius 1 is 1.15 bits per heavy atom. The van der Waals surface area contributed by atoms with Crippen molar-refractivity contribution in [2.24, 2.45) is 0 Å². The number of carbonyl (C=O) groups is 1. The van der Waals surface area contributed by atoms with Crippen molar-refractivity contribution in [1.29, 1.82) is 0 Å². The van der Waals surface area contributed by atoms with Crippen molar-refractivity contribution in [2.75, 3.05) is 18.1 Å². The maximum atomic E-state index is 12.2. The first kappa shape index (κ1) is 14.1. The molecule has 0 saturated carbocycles. The molecule has 0 unspecified atom stereocenters. The summed E-state index contributed by atoms with van der Waals surface area (Å²) in [5.74, 6) is -0.410. The molecule has 20 heavy (non-hydrogen) atoms. The summed E-state index contributed by atoms with van der Waals surface area (Å²) < 4.78 is 28.7. The molecule has 0 aliphatic carbocycles. The Labute approximate surface area is 115 Å². The van der Waals surface area contributed by atoms with E-state index in [4.69, 9.17) is 10.8 Å². The number of ether oxygens (including phenoxy) is 1. The minimum Gasteiger partial charge on any atom is -0.450 e. The first-order valence-electron chi connectivity index (χ1n) is 5.77. The number of nitrogen functional groups attached to an aromatic ring is 1. The average molecular weight is 295 g/mol. The Morgan fingerprint density at radius 2 is 1.80 bits per heavy atom. The molecule has 0 radical (unpaired) electrons. The van der Waals surface area contributed by atoms with E-state index in [0.29, 0.717) is 16.5 Å². The van der Waals surface area contributed by atoms with Crippen LogP contribution >= 0.6 is 0 Å². The lowest BCUT2D eigenvalue weighted by Crippen LogP contribution is -2.15. The van der Waals surface area contributed by atoms with Gasteiger partial charge in [-0.2, -0.15) is 0 Å². The van der Waals surface area contributed by atoms with Crippen LogP contribution in [0.15, 0.2) is 41.3 Å². The molecule has 0 bridgehead atoms. The predicted molar refractivity (Wildman–Crippen MR) is 74.4 cm³/mol. The standard InChI is InChI=1S/C13H13NO5S/c14-11-5-6-12(10-4-2-1-3-9(10)11)20(17,18)8-7-19-13(15)16/h1-6H,7-8,14H2,(H,15,16). The number of nitrogens with two attached hydrogens (primary N) is 1. The minimum atomic E-state index is -3.64. The van der Waals surface area contributed by atoms with Gasteiger partial charge in [-0.3, -0.25) is 0 Å². The second kappa shape index (κ2) is 5.38. The third-order valence-corrected chi connectivity index (χ3v) is 4.56. The van der Waals surface area contributed by atoms with Gasteiger partial charge < -0.3 is 15.6 Å². The molecule has 2 rings (SSSR count). The van der Waals surface area contributed by atoms with Gasteiger partial charge in [0.15, 0.2) is 9.84 Å². The fraction of sp³-hybridized carbons (Fsp3) is 0.154. The van der Waals surface area contributed by atoms with Crippen LogP contribution in [-0.4, -0.2) is 32.0 Å². The zero-order valence-electron chi connectivity index (χ0n) is 10.4. The molecule has 6 nitrogen and oxygen atoms in total. The zero-order valence-corrected chi connectivity index (χ0v) is 11.3. The number of benzene rings is 2. The summed E-state index contributed by atoms with van der Waals surface area (Å²) in [7, 11) is -3.64. The number of anilines is 1. The number of hydrogen-bond donors (Lipinski definition) is 2. The smallest absolute Gasteiger partial charge is 0.450 e. The number of fused-ring (bicyclic) bond motifs is 1. The molecule has 2 aromatic carbocycles. The largest absolute Gasteiger partial charge is 0.505 e. The molecule has 2 aromatic rings. The van der Waals surface area contributed by atoms with Crippen LogP contribution in [0.4, 0.5) is 10.5 Å². The van der Waals surface area contributed by atoms with E-state index in [1.54, 1.807) is 24.3 Å². The molecular weight excluding hydrogens is 282 g/mol. The third kappa shape index (κ3) is 2.83. The van der Waals surface area contributed by atoms with Crippen LogP contribution in [0.3, 0.4) is 0 Å². The summed E-state index contributed by atoms with van der Waals surface area (Å²) in [5, 5.41) is 9.52. The Balaban J connectivity index is 2.42. The minimum absolute atomic E-state index is 0.122. The van der Waals surface area contributed by atoms with Crippen LogP contribution < -0.4 is 5.73 Å². The van der Waals surface area contributed by atoms with E-state index in [2.05, 4.69) is 4.74 Å². The molecule has 0 amide bonds. The normalized spacial score (nSPS) is 11.4. The van der Waals surface area contributed by atoms with Crippen LogP contribution in [0.5, 0.6) is 0 Å². The van der Waals surface area contributed by atoms with Crippen molar-refractivity contribution in [3.63, 3.8) is 0 Å². The van der Waals surface area contributed by atoms with Gasteiger partial charge >= 0.3 is 6.16 Å². The van der Waals surface area contributed by atoms with Gasteiger partial charge in [0.1, 0.15) is 6.61 Å². The first-order valence-corrected chi connectivity index (χ1v) is 7.43. The highest BCUT2D eigenvalue weighted by molar-refractivity contribution is 7.91. The van der Waals surface area contributed by atoms with Crippen LogP contribution in [0.2, 0.25) is 0 Å². The summed E-state index contributed by atoms with van der Waals surface area (Å²) in [5.41, 5.74) is 6.30. The second-order valence-electron chi connectivity index (χ2n) is 4.13. The monoisotopic (exact) mass is 295 g/mol. The summed E-state index contributed by atoms with van der Waals surface area (Å²) in [6, 6.07) is 9.83. The summed E-state index contributed by atoms with van der Waals surface area (Å²) in [6.45, 7) is -0.406. The fourth-order valence-corrected chi connectivity index (χ4v) is 3.23. The Morgan fingerprint density at radius 3 is 2.45 bits per heavy atom. The Hall–Kier alpha value is -2.28. The van der Waals surface area contributed by atoms with Gasteiger partial charge in [0.2, 0.25) is 0 Å². The van der Waals surface area contributed by atoms with E-state index in [-0.39, 0.29) is 4.90 Å². The lowest BCUT2D eigenvalue weighted by Gasteiger charge is -2.09. The SMILES string of the molecule is Nc1ccc(S(=O)(=O)CCOC(=O)O)c2ccccc12. The molecule has 0 heterocycles. The predicted octanol–water partition coefficient (Wildman–Crippen LogP) is 1.89. The van der Waals surface area contributed by atoms with Gasteiger partial charge in [-0.1, -0.05) is 24.3 Å². The molecule has 0 aromatic heterocycles. The van der Waals surface area contributed by atoms with Gasteiger partial charge in [0.25, 0.3) is 0 Å². The summed E-state index contributed by atoms with van der Waals surface area (Å²) in [6.07, 6.45) is -1.50. The Kier molecular flexibility index (Phi) is 3.80. The average Bonchev–Trinajstić information content (AvgIpc) is 2.38. The molecular formula is C13H13NO5S. The maximum Gasteiger partial charge on any atom is 0.505 e. The quantitative estimate of drug-likeness (QED) is 0.659. The van der Waals surface area contributed by atoms with Gasteiger partial charge in [-0.05, 0) is 12.1 Å². The van der Waals surface area contributed by atoms with Crippen molar-refractivity contribution in [3.05, 3.63) is 36.4 Å². The van der Waals surface area contributed by atoms with E-state index >= 15 is 0 Å². The van der Waals surface area contributed by atoms with Crippen LogP contribution in [-0.2, 0) is 14.6 Å². The van der Waals surface area contributed by atoms with Gasteiger partial charge in [-0.15, -0.1) is 0 Å². The second-order valence-corrected chi connectivity index (χ2v) is 6.21. The van der Waals surface area contributed by atoms with Crippen molar-refractivity contribution in [1.82, 2.24) is 0 Å². The van der Waals surface area contributed by atoms with Crippen LogP contribution in [0.25, 0.3) is 10.8 Å². The maximum absolute atomic E-state index is 12.2.